The first-order valence-electron chi connectivity index (χ1n) is 4.14. The van der Waals surface area contributed by atoms with E-state index in [-0.39, 0.29) is 6.23 Å². The highest BCUT2D eigenvalue weighted by molar-refractivity contribution is 5.13. The zero-order chi connectivity index (χ0) is 8.39. The van der Waals surface area contributed by atoms with Crippen molar-refractivity contribution in [3.63, 3.8) is 0 Å². The van der Waals surface area contributed by atoms with Crippen molar-refractivity contribution in [3.05, 3.63) is 6.33 Å². The van der Waals surface area contributed by atoms with E-state index in [0.717, 1.165) is 19.4 Å². The molecule has 12 heavy (non-hydrogen) atoms. The number of aromatic nitrogens is 3. The summed E-state index contributed by atoms with van der Waals surface area (Å²) >= 11 is 0. The fourth-order valence-electron chi connectivity index (χ4n) is 1.40. The molecule has 5 heteroatoms. The van der Waals surface area contributed by atoms with Gasteiger partial charge in [0.2, 0.25) is 5.95 Å². The van der Waals surface area contributed by atoms with E-state index < -0.39 is 0 Å². The number of rotatable bonds is 1. The van der Waals surface area contributed by atoms with Crippen LogP contribution in [0, 0.1) is 0 Å². The fourth-order valence-corrected chi connectivity index (χ4v) is 1.40. The molecule has 5 nitrogen and oxygen atoms in total. The van der Waals surface area contributed by atoms with Gasteiger partial charge in [-0.3, -0.25) is 0 Å². The van der Waals surface area contributed by atoms with Crippen LogP contribution in [0.1, 0.15) is 25.5 Å². The summed E-state index contributed by atoms with van der Waals surface area (Å²) in [5.74, 6) is 0.432. The van der Waals surface area contributed by atoms with Gasteiger partial charge < -0.3 is 10.5 Å². The molecule has 1 unspecified atom stereocenters. The zero-order valence-electron chi connectivity index (χ0n) is 6.81. The second-order valence-electron chi connectivity index (χ2n) is 2.88. The van der Waals surface area contributed by atoms with Crippen LogP contribution in [0.2, 0.25) is 0 Å². The van der Waals surface area contributed by atoms with Crippen molar-refractivity contribution in [1.82, 2.24) is 14.8 Å². The van der Waals surface area contributed by atoms with E-state index in [1.54, 1.807) is 4.68 Å². The van der Waals surface area contributed by atoms with Crippen LogP contribution in [0.3, 0.4) is 0 Å². The molecule has 1 aromatic heterocycles. The Morgan fingerprint density at radius 3 is 3.08 bits per heavy atom. The number of hydrogen-bond donors (Lipinski definition) is 1. The Kier molecular flexibility index (Phi) is 1.95. The molecule has 0 amide bonds. The third-order valence-electron chi connectivity index (χ3n) is 2.03. The van der Waals surface area contributed by atoms with Gasteiger partial charge in [0.1, 0.15) is 6.33 Å². The predicted molar refractivity (Wildman–Crippen MR) is 43.3 cm³/mol. The molecular formula is C7H12N4O. The molecule has 2 N–H and O–H groups in total. The van der Waals surface area contributed by atoms with E-state index in [4.69, 9.17) is 10.5 Å². The third kappa shape index (κ3) is 1.27. The quantitative estimate of drug-likeness (QED) is 0.665. The Balaban J connectivity index is 2.13. The summed E-state index contributed by atoms with van der Waals surface area (Å²) in [6.45, 7) is 0.796. The minimum atomic E-state index is 0.00116. The summed E-state index contributed by atoms with van der Waals surface area (Å²) in [6, 6.07) is 0. The lowest BCUT2D eigenvalue weighted by molar-refractivity contribution is -0.0381. The Morgan fingerprint density at radius 1 is 1.58 bits per heavy atom. The van der Waals surface area contributed by atoms with E-state index in [2.05, 4.69) is 10.1 Å². The number of nitrogen functional groups attached to an aromatic ring is 1. The van der Waals surface area contributed by atoms with Crippen molar-refractivity contribution in [1.29, 1.82) is 0 Å². The van der Waals surface area contributed by atoms with Gasteiger partial charge in [-0.1, -0.05) is 0 Å². The molecule has 66 valence electrons. The second-order valence-corrected chi connectivity index (χ2v) is 2.88. The van der Waals surface area contributed by atoms with Gasteiger partial charge >= 0.3 is 0 Å². The van der Waals surface area contributed by atoms with Crippen LogP contribution in [0.15, 0.2) is 6.33 Å². The number of anilines is 1. The van der Waals surface area contributed by atoms with Crippen molar-refractivity contribution in [3.8, 4) is 0 Å². The smallest absolute Gasteiger partial charge is 0.220 e. The molecular weight excluding hydrogens is 156 g/mol. The minimum Gasteiger partial charge on any atom is -0.368 e. The molecule has 0 bridgehead atoms. The molecule has 0 spiro atoms. The van der Waals surface area contributed by atoms with Crippen molar-refractivity contribution in [2.75, 3.05) is 12.3 Å². The van der Waals surface area contributed by atoms with E-state index in [1.165, 1.54) is 12.7 Å². The molecule has 1 aromatic rings. The summed E-state index contributed by atoms with van der Waals surface area (Å²) in [7, 11) is 0. The maximum Gasteiger partial charge on any atom is 0.220 e. The lowest BCUT2D eigenvalue weighted by Gasteiger charge is -2.22. The van der Waals surface area contributed by atoms with Gasteiger partial charge in [0, 0.05) is 6.61 Å². The van der Waals surface area contributed by atoms with Gasteiger partial charge in [0.05, 0.1) is 0 Å². The predicted octanol–water partition coefficient (Wildman–Crippen LogP) is 0.559. The Bertz CT molecular complexity index is 254. The highest BCUT2D eigenvalue weighted by Crippen LogP contribution is 2.22. The summed E-state index contributed by atoms with van der Waals surface area (Å²) in [6.07, 6.45) is 4.73. The van der Waals surface area contributed by atoms with Crippen LogP contribution < -0.4 is 5.73 Å². The molecule has 2 rings (SSSR count). The summed E-state index contributed by atoms with van der Waals surface area (Å²) in [4.78, 5) is 3.84. The van der Waals surface area contributed by atoms with E-state index in [1.807, 2.05) is 0 Å². The third-order valence-corrected chi connectivity index (χ3v) is 2.03. The first kappa shape index (κ1) is 7.54. The highest BCUT2D eigenvalue weighted by atomic mass is 16.5. The number of ether oxygens (including phenoxy) is 1. The van der Waals surface area contributed by atoms with Gasteiger partial charge in [-0.05, 0) is 19.3 Å². The topological polar surface area (TPSA) is 66.0 Å². The van der Waals surface area contributed by atoms with E-state index in [9.17, 15) is 0 Å². The van der Waals surface area contributed by atoms with Crippen LogP contribution >= 0.6 is 0 Å². The summed E-state index contributed by atoms with van der Waals surface area (Å²) < 4.78 is 7.12. The number of nitrogens with zero attached hydrogens (tertiary/aromatic N) is 3. The standard InChI is InChI=1S/C7H12N4O/c8-7-9-5-10-11(7)6-3-1-2-4-12-6/h5-6H,1-4H2,(H2,8,9,10). The molecule has 0 aromatic carbocycles. The maximum atomic E-state index is 5.58. The molecule has 0 aliphatic carbocycles. The average molecular weight is 168 g/mol. The lowest BCUT2D eigenvalue weighted by Crippen LogP contribution is -2.20. The average Bonchev–Trinajstić information content (AvgIpc) is 2.53. The largest absolute Gasteiger partial charge is 0.368 e. The van der Waals surface area contributed by atoms with E-state index >= 15 is 0 Å². The lowest BCUT2D eigenvalue weighted by atomic mass is 10.2. The van der Waals surface area contributed by atoms with Crippen LogP contribution in [0.5, 0.6) is 0 Å². The van der Waals surface area contributed by atoms with Gasteiger partial charge in [-0.25, -0.2) is 4.68 Å². The van der Waals surface area contributed by atoms with E-state index in [0.29, 0.717) is 5.95 Å². The van der Waals surface area contributed by atoms with Crippen LogP contribution in [-0.4, -0.2) is 21.4 Å². The van der Waals surface area contributed by atoms with Gasteiger partial charge in [0.15, 0.2) is 6.23 Å². The number of nitrogens with two attached hydrogens (primary N) is 1. The Hall–Kier alpha value is -1.10. The first-order valence-corrected chi connectivity index (χ1v) is 4.14. The van der Waals surface area contributed by atoms with Crippen LogP contribution in [0.4, 0.5) is 5.95 Å². The molecule has 1 aliphatic heterocycles. The molecule has 2 heterocycles. The normalized spacial score (nSPS) is 24.2. The Labute approximate surface area is 70.5 Å². The molecule has 1 atom stereocenters. The molecule has 0 saturated carbocycles. The highest BCUT2D eigenvalue weighted by Gasteiger charge is 2.17. The SMILES string of the molecule is Nc1ncnn1C1CCCCO1. The van der Waals surface area contributed by atoms with Crippen LogP contribution in [-0.2, 0) is 4.74 Å². The maximum absolute atomic E-state index is 5.58. The van der Waals surface area contributed by atoms with Gasteiger partial charge in [-0.15, -0.1) is 0 Å². The molecule has 1 aliphatic rings. The van der Waals surface area contributed by atoms with Crippen molar-refractivity contribution < 1.29 is 4.74 Å². The van der Waals surface area contributed by atoms with Crippen LogP contribution in [0.25, 0.3) is 0 Å². The summed E-state index contributed by atoms with van der Waals surface area (Å²) in [5.41, 5.74) is 5.58. The fraction of sp³-hybridized carbons (Fsp3) is 0.714. The Morgan fingerprint density at radius 2 is 2.50 bits per heavy atom. The second kappa shape index (κ2) is 3.10. The monoisotopic (exact) mass is 168 g/mol. The summed E-state index contributed by atoms with van der Waals surface area (Å²) in [5, 5.41) is 4.00. The molecule has 1 saturated heterocycles. The van der Waals surface area contributed by atoms with Gasteiger partial charge in [-0.2, -0.15) is 10.1 Å². The molecule has 0 radical (unpaired) electrons. The van der Waals surface area contributed by atoms with Crippen molar-refractivity contribution in [2.45, 2.75) is 25.5 Å². The van der Waals surface area contributed by atoms with Crippen molar-refractivity contribution >= 4 is 5.95 Å². The minimum absolute atomic E-state index is 0.00116. The first-order chi connectivity index (χ1) is 5.88. The van der Waals surface area contributed by atoms with Crippen molar-refractivity contribution in [2.24, 2.45) is 0 Å². The number of hydrogen-bond acceptors (Lipinski definition) is 4. The van der Waals surface area contributed by atoms with Gasteiger partial charge in [0.25, 0.3) is 0 Å². The zero-order valence-corrected chi connectivity index (χ0v) is 6.81. The molecule has 1 fully saturated rings.